The number of amides is 1. The number of para-hydroxylation sites is 1. The highest BCUT2D eigenvalue weighted by Gasteiger charge is 2.38. The van der Waals surface area contributed by atoms with Crippen LogP contribution in [-0.2, 0) is 11.8 Å². The molecule has 0 saturated carbocycles. The van der Waals surface area contributed by atoms with Crippen LogP contribution in [0, 0.1) is 6.92 Å². The van der Waals surface area contributed by atoms with E-state index in [2.05, 4.69) is 12.1 Å². The van der Waals surface area contributed by atoms with Gasteiger partial charge in [0.15, 0.2) is 0 Å². The topological polar surface area (TPSA) is 47.2 Å². The molecule has 1 fully saturated rings. The number of benzene rings is 2. The molecule has 3 aromatic rings. The molecule has 0 bridgehead atoms. The average molecular weight is 412 g/mol. The van der Waals surface area contributed by atoms with Crippen molar-refractivity contribution in [3.05, 3.63) is 76.2 Å². The maximum absolute atomic E-state index is 13.4. The molecule has 28 heavy (non-hydrogen) atoms. The lowest BCUT2D eigenvalue weighted by Gasteiger charge is -2.23. The smallest absolute Gasteiger partial charge is 0.288 e. The number of thioether (sulfide) groups is 2. The van der Waals surface area contributed by atoms with E-state index < -0.39 is 0 Å². The number of aromatic nitrogens is 2. The van der Waals surface area contributed by atoms with Crippen LogP contribution < -0.4 is 10.5 Å². The third-order valence-corrected chi connectivity index (χ3v) is 6.99. The van der Waals surface area contributed by atoms with E-state index >= 15 is 0 Å². The third-order valence-electron chi connectivity index (χ3n) is 5.03. The second kappa shape index (κ2) is 7.56. The number of hydrogen-bond donors (Lipinski definition) is 0. The van der Waals surface area contributed by atoms with Crippen molar-refractivity contribution >= 4 is 35.1 Å². The van der Waals surface area contributed by atoms with Crippen molar-refractivity contribution in [3.63, 3.8) is 0 Å². The highest BCUT2D eigenvalue weighted by Crippen LogP contribution is 2.42. The largest absolute Gasteiger partial charge is 0.295 e. The van der Waals surface area contributed by atoms with Crippen molar-refractivity contribution in [1.82, 2.24) is 9.36 Å². The molecule has 0 aliphatic carbocycles. The van der Waals surface area contributed by atoms with Crippen LogP contribution in [0.25, 0.3) is 5.69 Å². The quantitative estimate of drug-likeness (QED) is 0.609. The number of nitrogens with zero attached hydrogens (tertiary/aromatic N) is 3. The fourth-order valence-electron chi connectivity index (χ4n) is 3.51. The second-order valence-corrected chi connectivity index (χ2v) is 8.56. The van der Waals surface area contributed by atoms with Gasteiger partial charge in [-0.05, 0) is 43.0 Å². The van der Waals surface area contributed by atoms with E-state index in [1.54, 1.807) is 33.1 Å². The fraction of sp³-hybridized carbons (Fsp3) is 0.238. The normalized spacial score (nSPS) is 16.8. The Morgan fingerprint density at radius 3 is 2.36 bits per heavy atom. The van der Waals surface area contributed by atoms with Crippen LogP contribution in [0.2, 0.25) is 0 Å². The van der Waals surface area contributed by atoms with Crippen LogP contribution in [0.5, 0.6) is 0 Å². The Morgan fingerprint density at radius 1 is 1.04 bits per heavy atom. The molecule has 2 aromatic carbocycles. The van der Waals surface area contributed by atoms with Gasteiger partial charge in [-0.15, -0.1) is 23.5 Å². The van der Waals surface area contributed by atoms with Gasteiger partial charge >= 0.3 is 0 Å². The third kappa shape index (κ3) is 3.08. The maximum atomic E-state index is 13.4. The summed E-state index contributed by atoms with van der Waals surface area (Å²) in [6, 6.07) is 17.7. The Morgan fingerprint density at radius 2 is 1.71 bits per heavy atom. The summed E-state index contributed by atoms with van der Waals surface area (Å²) in [5, 5.41) is -0.193. The summed E-state index contributed by atoms with van der Waals surface area (Å²) in [5.41, 5.74) is 2.87. The standard InChI is InChI=1S/C21H21N3O2S2/c1-14-19(20(26)24(22(14)2)16-7-5-4-6-8-16)23-18(25)13-28-21(23)15-9-11-17(27-3)12-10-15/h4-12,21H,13H2,1-3H3. The van der Waals surface area contributed by atoms with Gasteiger partial charge < -0.3 is 0 Å². The van der Waals surface area contributed by atoms with Crippen LogP contribution in [-0.4, -0.2) is 27.3 Å². The molecule has 1 atom stereocenters. The lowest BCUT2D eigenvalue weighted by molar-refractivity contribution is -0.115. The zero-order valence-electron chi connectivity index (χ0n) is 16.0. The minimum Gasteiger partial charge on any atom is -0.288 e. The Bertz CT molecular complexity index is 1070. The lowest BCUT2D eigenvalue weighted by atomic mass is 10.2. The van der Waals surface area contributed by atoms with E-state index in [0.29, 0.717) is 11.4 Å². The van der Waals surface area contributed by atoms with Gasteiger partial charge in [-0.25, -0.2) is 4.68 Å². The molecule has 1 aliphatic rings. The van der Waals surface area contributed by atoms with E-state index in [4.69, 9.17) is 0 Å². The van der Waals surface area contributed by atoms with Gasteiger partial charge in [0.2, 0.25) is 5.91 Å². The van der Waals surface area contributed by atoms with E-state index in [1.807, 2.05) is 67.4 Å². The second-order valence-electron chi connectivity index (χ2n) is 6.61. The predicted octanol–water partition coefficient (Wildman–Crippen LogP) is 3.98. The van der Waals surface area contributed by atoms with Crippen LogP contribution >= 0.6 is 23.5 Å². The van der Waals surface area contributed by atoms with Crippen LogP contribution in [0.15, 0.2) is 64.3 Å². The molecule has 0 spiro atoms. The summed E-state index contributed by atoms with van der Waals surface area (Å²) in [4.78, 5) is 29.0. The molecule has 0 N–H and O–H groups in total. The first-order valence-electron chi connectivity index (χ1n) is 8.94. The summed E-state index contributed by atoms with van der Waals surface area (Å²) in [5.74, 6) is 0.337. The molecule has 0 radical (unpaired) electrons. The molecule has 4 rings (SSSR count). The number of hydrogen-bond acceptors (Lipinski definition) is 4. The molecule has 1 amide bonds. The zero-order valence-corrected chi connectivity index (χ0v) is 17.6. The SMILES string of the molecule is CSc1ccc(C2SCC(=O)N2c2c(C)n(C)n(-c3ccccc3)c2=O)cc1. The maximum Gasteiger partial charge on any atom is 0.295 e. The van der Waals surface area contributed by atoms with Gasteiger partial charge in [0, 0.05) is 11.9 Å². The minimum absolute atomic E-state index is 0.0324. The van der Waals surface area contributed by atoms with Crippen molar-refractivity contribution in [2.45, 2.75) is 17.2 Å². The Kier molecular flexibility index (Phi) is 5.12. The molecular weight excluding hydrogens is 390 g/mol. The number of carbonyl (C=O) groups excluding carboxylic acids is 1. The molecule has 1 aromatic heterocycles. The zero-order chi connectivity index (χ0) is 19.8. The molecule has 1 unspecified atom stereocenters. The minimum atomic E-state index is -0.193. The first-order chi connectivity index (χ1) is 13.5. The van der Waals surface area contributed by atoms with Gasteiger partial charge in [0.05, 0.1) is 17.1 Å². The number of anilines is 1. The molecular formula is C21H21N3O2S2. The van der Waals surface area contributed by atoms with Gasteiger partial charge in [0.1, 0.15) is 11.1 Å². The summed E-state index contributed by atoms with van der Waals surface area (Å²) < 4.78 is 3.44. The van der Waals surface area contributed by atoms with Crippen molar-refractivity contribution in [1.29, 1.82) is 0 Å². The van der Waals surface area contributed by atoms with Gasteiger partial charge in [0.25, 0.3) is 5.56 Å². The van der Waals surface area contributed by atoms with E-state index in [1.165, 1.54) is 4.90 Å². The Hall–Kier alpha value is -2.38. The number of carbonyl (C=O) groups is 1. The molecule has 2 heterocycles. The van der Waals surface area contributed by atoms with Crippen LogP contribution in [0.4, 0.5) is 5.69 Å². The van der Waals surface area contributed by atoms with Crippen molar-refractivity contribution in [2.24, 2.45) is 7.05 Å². The van der Waals surface area contributed by atoms with Crippen LogP contribution in [0.1, 0.15) is 16.6 Å². The molecule has 7 heteroatoms. The Labute approximate surface area is 172 Å². The summed E-state index contributed by atoms with van der Waals surface area (Å²) >= 11 is 3.24. The molecule has 1 saturated heterocycles. The van der Waals surface area contributed by atoms with E-state index in [9.17, 15) is 9.59 Å². The highest BCUT2D eigenvalue weighted by atomic mass is 32.2. The van der Waals surface area contributed by atoms with E-state index in [0.717, 1.165) is 16.9 Å². The first-order valence-corrected chi connectivity index (χ1v) is 11.2. The summed E-state index contributed by atoms with van der Waals surface area (Å²) in [6.45, 7) is 1.89. The Balaban J connectivity index is 1.82. The average Bonchev–Trinajstić information content (AvgIpc) is 3.19. The van der Waals surface area contributed by atoms with Gasteiger partial charge in [-0.3, -0.25) is 19.2 Å². The fourth-order valence-corrected chi connectivity index (χ4v) is 5.08. The van der Waals surface area contributed by atoms with Crippen LogP contribution in [0.3, 0.4) is 0 Å². The van der Waals surface area contributed by atoms with Gasteiger partial charge in [-0.1, -0.05) is 30.3 Å². The summed E-state index contributed by atoms with van der Waals surface area (Å²) in [6.07, 6.45) is 2.04. The van der Waals surface area contributed by atoms with E-state index in [-0.39, 0.29) is 16.8 Å². The first kappa shape index (κ1) is 19.0. The monoisotopic (exact) mass is 411 g/mol. The van der Waals surface area contributed by atoms with Crippen molar-refractivity contribution < 1.29 is 4.79 Å². The molecule has 144 valence electrons. The highest BCUT2D eigenvalue weighted by molar-refractivity contribution is 8.00. The number of rotatable bonds is 4. The molecule has 5 nitrogen and oxygen atoms in total. The van der Waals surface area contributed by atoms with Crippen molar-refractivity contribution in [3.8, 4) is 5.69 Å². The molecule has 1 aliphatic heterocycles. The predicted molar refractivity (Wildman–Crippen MR) is 117 cm³/mol. The summed E-state index contributed by atoms with van der Waals surface area (Å²) in [7, 11) is 1.85. The van der Waals surface area contributed by atoms with Crippen molar-refractivity contribution in [2.75, 3.05) is 16.9 Å². The van der Waals surface area contributed by atoms with Gasteiger partial charge in [-0.2, -0.15) is 0 Å². The lowest BCUT2D eigenvalue weighted by Crippen LogP contribution is -2.33.